The first-order chi connectivity index (χ1) is 12.1. The number of benzene rings is 1. The standard InChI is InChI=1S/C14H9FN8O2/c15-10-5-9(17-7-8(6-16)13-18-21-22-19-13)1-2-12(10)23-4-3-11(20-23)14(24)25/h1-5,7,17H,(H,24,25)(H,18,19,21,22). The number of allylic oxidation sites excluding steroid dienone is 1. The monoisotopic (exact) mass is 340 g/mol. The van der Waals surface area contributed by atoms with Gasteiger partial charge in [-0.2, -0.15) is 15.6 Å². The molecule has 0 spiro atoms. The number of hydrogen-bond acceptors (Lipinski definition) is 7. The first-order valence-electron chi connectivity index (χ1n) is 6.78. The fourth-order valence-electron chi connectivity index (χ4n) is 1.93. The number of rotatable bonds is 5. The first-order valence-corrected chi connectivity index (χ1v) is 6.78. The minimum Gasteiger partial charge on any atom is -0.476 e. The van der Waals surface area contributed by atoms with Gasteiger partial charge in [0.15, 0.2) is 11.5 Å². The quantitative estimate of drug-likeness (QED) is 0.587. The second-order valence-corrected chi connectivity index (χ2v) is 4.67. The van der Waals surface area contributed by atoms with Gasteiger partial charge in [0.25, 0.3) is 0 Å². The Bertz CT molecular complexity index is 987. The van der Waals surface area contributed by atoms with Crippen LogP contribution in [0.15, 0.2) is 36.7 Å². The number of carbonyl (C=O) groups is 1. The van der Waals surface area contributed by atoms with Gasteiger partial charge in [-0.15, -0.1) is 10.2 Å². The number of carboxylic acid groups (broad SMARTS) is 1. The van der Waals surface area contributed by atoms with E-state index in [2.05, 4.69) is 31.0 Å². The van der Waals surface area contributed by atoms with Crippen LogP contribution in [0.2, 0.25) is 0 Å². The third kappa shape index (κ3) is 3.32. The number of aromatic nitrogens is 6. The molecule has 0 bridgehead atoms. The molecule has 1 aromatic carbocycles. The Balaban J connectivity index is 1.82. The molecule has 0 unspecified atom stereocenters. The summed E-state index contributed by atoms with van der Waals surface area (Å²) >= 11 is 0. The molecule has 3 rings (SSSR count). The molecule has 0 atom stereocenters. The van der Waals surface area contributed by atoms with Crippen LogP contribution in [0.3, 0.4) is 0 Å². The zero-order chi connectivity index (χ0) is 17.8. The number of aromatic carboxylic acids is 1. The van der Waals surface area contributed by atoms with Gasteiger partial charge in [-0.1, -0.05) is 0 Å². The van der Waals surface area contributed by atoms with Gasteiger partial charge in [-0.25, -0.2) is 13.9 Å². The largest absolute Gasteiger partial charge is 0.476 e. The Kier molecular flexibility index (Phi) is 4.17. The minimum absolute atomic E-state index is 0.0840. The van der Waals surface area contributed by atoms with E-state index in [1.165, 1.54) is 30.6 Å². The van der Waals surface area contributed by atoms with Gasteiger partial charge in [0.1, 0.15) is 17.3 Å². The molecule has 0 aliphatic heterocycles. The molecule has 10 nitrogen and oxygen atoms in total. The van der Waals surface area contributed by atoms with Crippen molar-refractivity contribution >= 4 is 17.2 Å². The fraction of sp³-hybridized carbons (Fsp3) is 0. The lowest BCUT2D eigenvalue weighted by Gasteiger charge is -2.06. The van der Waals surface area contributed by atoms with Crippen molar-refractivity contribution in [2.24, 2.45) is 0 Å². The van der Waals surface area contributed by atoms with Crippen molar-refractivity contribution in [3.63, 3.8) is 0 Å². The number of aromatic amines is 1. The van der Waals surface area contributed by atoms with Gasteiger partial charge in [-0.05, 0) is 29.5 Å². The predicted molar refractivity (Wildman–Crippen MR) is 81.9 cm³/mol. The highest BCUT2D eigenvalue weighted by atomic mass is 19.1. The smallest absolute Gasteiger partial charge is 0.356 e. The van der Waals surface area contributed by atoms with Crippen molar-refractivity contribution in [1.82, 2.24) is 30.4 Å². The molecule has 25 heavy (non-hydrogen) atoms. The Labute approximate surface area is 139 Å². The lowest BCUT2D eigenvalue weighted by Crippen LogP contribution is -2.03. The maximum atomic E-state index is 14.3. The van der Waals surface area contributed by atoms with E-state index in [0.717, 1.165) is 4.68 Å². The summed E-state index contributed by atoms with van der Waals surface area (Å²) in [6.07, 6.45) is 2.66. The van der Waals surface area contributed by atoms with Gasteiger partial charge < -0.3 is 10.4 Å². The van der Waals surface area contributed by atoms with Gasteiger partial charge in [0.05, 0.1) is 0 Å². The van der Waals surface area contributed by atoms with Crippen LogP contribution in [0.5, 0.6) is 0 Å². The lowest BCUT2D eigenvalue weighted by atomic mass is 10.2. The zero-order valence-electron chi connectivity index (χ0n) is 12.4. The van der Waals surface area contributed by atoms with Crippen molar-refractivity contribution in [3.05, 3.63) is 54.0 Å². The number of tetrazole rings is 1. The summed E-state index contributed by atoms with van der Waals surface area (Å²) in [6, 6.07) is 7.30. The van der Waals surface area contributed by atoms with E-state index < -0.39 is 11.8 Å². The molecule has 124 valence electrons. The van der Waals surface area contributed by atoms with Gasteiger partial charge in [0.2, 0.25) is 5.82 Å². The summed E-state index contributed by atoms with van der Waals surface area (Å²) in [4.78, 5) is 10.8. The van der Waals surface area contributed by atoms with E-state index in [1.807, 2.05) is 6.07 Å². The van der Waals surface area contributed by atoms with Crippen molar-refractivity contribution in [2.45, 2.75) is 0 Å². The number of anilines is 1. The Morgan fingerprint density at radius 3 is 2.88 bits per heavy atom. The highest BCUT2D eigenvalue weighted by molar-refractivity contribution is 5.85. The predicted octanol–water partition coefficient (Wildman–Crippen LogP) is 1.20. The molecule has 2 heterocycles. The maximum Gasteiger partial charge on any atom is 0.356 e. The summed E-state index contributed by atoms with van der Waals surface area (Å²) in [5, 5.41) is 37.4. The third-order valence-electron chi connectivity index (χ3n) is 3.09. The van der Waals surface area contributed by atoms with Crippen LogP contribution in [0, 0.1) is 17.1 Å². The summed E-state index contributed by atoms with van der Waals surface area (Å²) < 4.78 is 15.4. The molecule has 3 aromatic rings. The maximum absolute atomic E-state index is 14.3. The number of H-pyrrole nitrogens is 1. The average Bonchev–Trinajstić information content (AvgIpc) is 3.27. The molecule has 11 heteroatoms. The molecule has 2 aromatic heterocycles. The van der Waals surface area contributed by atoms with Gasteiger partial charge >= 0.3 is 5.97 Å². The normalized spacial score (nSPS) is 11.1. The van der Waals surface area contributed by atoms with Crippen LogP contribution >= 0.6 is 0 Å². The Morgan fingerprint density at radius 1 is 1.44 bits per heavy atom. The van der Waals surface area contributed by atoms with Crippen LogP contribution in [0.4, 0.5) is 10.1 Å². The second kappa shape index (κ2) is 6.59. The molecule has 3 N–H and O–H groups in total. The molecule has 0 saturated carbocycles. The number of nitriles is 1. The first kappa shape index (κ1) is 15.8. The number of carboxylic acids is 1. The minimum atomic E-state index is -1.20. The number of nitrogens with one attached hydrogen (secondary N) is 2. The highest BCUT2D eigenvalue weighted by Crippen LogP contribution is 2.19. The molecule has 0 fully saturated rings. The van der Waals surface area contributed by atoms with Crippen molar-refractivity contribution in [1.29, 1.82) is 5.26 Å². The molecule has 0 radical (unpaired) electrons. The summed E-state index contributed by atoms with van der Waals surface area (Å²) in [5.41, 5.74) is 0.364. The Hall–Kier alpha value is -4.07. The third-order valence-corrected chi connectivity index (χ3v) is 3.09. The summed E-state index contributed by atoms with van der Waals surface area (Å²) in [7, 11) is 0. The topological polar surface area (TPSA) is 145 Å². The molecular formula is C14H9FN8O2. The summed E-state index contributed by atoms with van der Waals surface area (Å²) in [6.45, 7) is 0. The van der Waals surface area contributed by atoms with Gasteiger partial charge in [0, 0.05) is 18.1 Å². The van der Waals surface area contributed by atoms with E-state index in [9.17, 15) is 9.18 Å². The van der Waals surface area contributed by atoms with Crippen LogP contribution in [-0.4, -0.2) is 41.5 Å². The van der Waals surface area contributed by atoms with Crippen LogP contribution in [0.25, 0.3) is 11.3 Å². The van der Waals surface area contributed by atoms with Crippen molar-refractivity contribution < 1.29 is 14.3 Å². The highest BCUT2D eigenvalue weighted by Gasteiger charge is 2.11. The van der Waals surface area contributed by atoms with E-state index in [-0.39, 0.29) is 22.8 Å². The van der Waals surface area contributed by atoms with Crippen LogP contribution < -0.4 is 5.32 Å². The van der Waals surface area contributed by atoms with Gasteiger partial charge in [-0.3, -0.25) is 0 Å². The van der Waals surface area contributed by atoms with Crippen molar-refractivity contribution in [2.75, 3.05) is 5.32 Å². The summed E-state index contributed by atoms with van der Waals surface area (Å²) in [5.74, 6) is -1.73. The number of nitrogens with zero attached hydrogens (tertiary/aromatic N) is 6. The molecule has 0 saturated heterocycles. The molecular weight excluding hydrogens is 331 g/mol. The lowest BCUT2D eigenvalue weighted by molar-refractivity contribution is 0.0690. The van der Waals surface area contributed by atoms with E-state index >= 15 is 0 Å². The average molecular weight is 340 g/mol. The van der Waals surface area contributed by atoms with Crippen LogP contribution in [0.1, 0.15) is 16.3 Å². The van der Waals surface area contributed by atoms with E-state index in [4.69, 9.17) is 10.4 Å². The molecule has 0 aliphatic rings. The van der Waals surface area contributed by atoms with E-state index in [1.54, 1.807) is 6.07 Å². The van der Waals surface area contributed by atoms with E-state index in [0.29, 0.717) is 5.69 Å². The number of halogens is 1. The van der Waals surface area contributed by atoms with Crippen LogP contribution in [-0.2, 0) is 0 Å². The number of hydrogen-bond donors (Lipinski definition) is 3. The fourth-order valence-corrected chi connectivity index (χ4v) is 1.93. The SMILES string of the molecule is N#CC(=CNc1ccc(-n2ccc(C(=O)O)n2)c(F)c1)c1nn[nH]n1. The molecule has 0 aliphatic carbocycles. The Morgan fingerprint density at radius 2 is 2.28 bits per heavy atom. The second-order valence-electron chi connectivity index (χ2n) is 4.67. The molecule has 0 amide bonds. The zero-order valence-corrected chi connectivity index (χ0v) is 12.4. The van der Waals surface area contributed by atoms with Crippen molar-refractivity contribution in [3.8, 4) is 11.8 Å².